The number of fused-ring (bicyclic) bond motifs is 2. The Labute approximate surface area is 204 Å². The van der Waals surface area contributed by atoms with Crippen molar-refractivity contribution in [3.8, 4) is 17.2 Å². The number of carbonyl (C=O) groups excluding carboxylic acids is 2. The van der Waals surface area contributed by atoms with Gasteiger partial charge in [-0.15, -0.1) is 0 Å². The summed E-state index contributed by atoms with van der Waals surface area (Å²) >= 11 is 0. The molecule has 188 valence electrons. The van der Waals surface area contributed by atoms with Crippen LogP contribution in [-0.4, -0.2) is 79.6 Å². The first-order valence-corrected chi connectivity index (χ1v) is 11.6. The van der Waals surface area contributed by atoms with Crippen molar-refractivity contribution < 1.29 is 28.9 Å². The van der Waals surface area contributed by atoms with Gasteiger partial charge in [0.15, 0.2) is 17.2 Å². The molecule has 2 aliphatic rings. The van der Waals surface area contributed by atoms with E-state index in [-0.39, 0.29) is 37.4 Å². The van der Waals surface area contributed by atoms with Gasteiger partial charge in [0.1, 0.15) is 6.10 Å². The fraction of sp³-hybridized carbons (Fsp3) is 0.440. The molecule has 2 aromatic rings. The quantitative estimate of drug-likeness (QED) is 0.578. The van der Waals surface area contributed by atoms with Crippen LogP contribution in [0.1, 0.15) is 24.2 Å². The first-order valence-electron chi connectivity index (χ1n) is 11.6. The molecule has 0 aromatic heterocycles. The van der Waals surface area contributed by atoms with Gasteiger partial charge < -0.3 is 39.8 Å². The standard InChI is InChI=1S/C25H32N4O6/c1-15-11-29(16(2)13-30)24(31)18-6-5-7-19(23(18)35-22(15)12-28(3)4)27-25(32)26-17-8-9-20-21(10-17)34-14-33-20/h5-10,15-16,22,30H,11-14H2,1-4H3,(H2,26,27,32)/t15-,16+,22-/m0/s1. The third-order valence-electron chi connectivity index (χ3n) is 6.11. The van der Waals surface area contributed by atoms with Gasteiger partial charge in [-0.1, -0.05) is 13.0 Å². The molecular weight excluding hydrogens is 452 g/mol. The van der Waals surface area contributed by atoms with Crippen molar-refractivity contribution in [2.45, 2.75) is 26.0 Å². The number of amides is 3. The first kappa shape index (κ1) is 24.6. The number of rotatable bonds is 6. The van der Waals surface area contributed by atoms with Gasteiger partial charge in [-0.2, -0.15) is 0 Å². The largest absolute Gasteiger partial charge is 0.486 e. The number of ether oxygens (including phenoxy) is 3. The van der Waals surface area contributed by atoms with E-state index in [1.807, 2.05) is 32.8 Å². The molecule has 0 saturated carbocycles. The number of anilines is 2. The second-order valence-electron chi connectivity index (χ2n) is 9.21. The Morgan fingerprint density at radius 1 is 1.20 bits per heavy atom. The monoisotopic (exact) mass is 484 g/mol. The van der Waals surface area contributed by atoms with Crippen LogP contribution in [0, 0.1) is 5.92 Å². The van der Waals surface area contributed by atoms with Crippen molar-refractivity contribution >= 4 is 23.3 Å². The summed E-state index contributed by atoms with van der Waals surface area (Å²) in [5.74, 6) is 1.22. The number of nitrogens with zero attached hydrogens (tertiary/aromatic N) is 2. The predicted molar refractivity (Wildman–Crippen MR) is 131 cm³/mol. The molecular formula is C25H32N4O6. The molecule has 3 amide bonds. The van der Waals surface area contributed by atoms with Crippen molar-refractivity contribution in [3.05, 3.63) is 42.0 Å². The third-order valence-corrected chi connectivity index (χ3v) is 6.11. The zero-order chi connectivity index (χ0) is 25.1. The summed E-state index contributed by atoms with van der Waals surface area (Å²) in [6.45, 7) is 4.89. The van der Waals surface area contributed by atoms with Gasteiger partial charge >= 0.3 is 6.03 Å². The van der Waals surface area contributed by atoms with Gasteiger partial charge in [-0.05, 0) is 45.3 Å². The van der Waals surface area contributed by atoms with Crippen molar-refractivity contribution in [3.63, 3.8) is 0 Å². The lowest BCUT2D eigenvalue weighted by atomic mass is 9.99. The third kappa shape index (κ3) is 5.44. The molecule has 2 aliphatic heterocycles. The number of aliphatic hydroxyl groups excluding tert-OH is 1. The van der Waals surface area contributed by atoms with Gasteiger partial charge in [0, 0.05) is 30.8 Å². The van der Waals surface area contributed by atoms with Gasteiger partial charge in [0.25, 0.3) is 5.91 Å². The average Bonchev–Trinajstić information content (AvgIpc) is 3.29. The van der Waals surface area contributed by atoms with Gasteiger partial charge in [0.2, 0.25) is 6.79 Å². The number of benzene rings is 2. The number of hydrogen-bond acceptors (Lipinski definition) is 7. The molecule has 2 aromatic carbocycles. The maximum absolute atomic E-state index is 13.5. The van der Waals surface area contributed by atoms with E-state index in [0.29, 0.717) is 47.3 Å². The number of aliphatic hydroxyl groups is 1. The number of para-hydroxylation sites is 1. The van der Waals surface area contributed by atoms with Crippen LogP contribution < -0.4 is 24.8 Å². The maximum Gasteiger partial charge on any atom is 0.323 e. The van der Waals surface area contributed by atoms with Crippen molar-refractivity contribution in [2.75, 3.05) is 51.2 Å². The van der Waals surface area contributed by atoms with Crippen molar-refractivity contribution in [1.29, 1.82) is 0 Å². The summed E-state index contributed by atoms with van der Waals surface area (Å²) in [5, 5.41) is 15.4. The van der Waals surface area contributed by atoms with Crippen LogP contribution in [0.5, 0.6) is 17.2 Å². The molecule has 0 spiro atoms. The summed E-state index contributed by atoms with van der Waals surface area (Å²) in [4.78, 5) is 30.0. The van der Waals surface area contributed by atoms with E-state index in [2.05, 4.69) is 10.6 Å². The van der Waals surface area contributed by atoms with E-state index in [1.54, 1.807) is 41.3 Å². The molecule has 0 radical (unpaired) electrons. The van der Waals surface area contributed by atoms with Crippen molar-refractivity contribution in [2.24, 2.45) is 5.92 Å². The topological polar surface area (TPSA) is 113 Å². The minimum absolute atomic E-state index is 0.0148. The molecule has 0 bridgehead atoms. The second kappa shape index (κ2) is 10.4. The first-order chi connectivity index (χ1) is 16.8. The van der Waals surface area contributed by atoms with E-state index in [4.69, 9.17) is 14.2 Å². The SMILES string of the molecule is C[C@H](CO)N1C[C@H](C)[C@H](CN(C)C)Oc2c(NC(=O)Nc3ccc4c(c3)OCO4)cccc2C1=O. The van der Waals surface area contributed by atoms with E-state index >= 15 is 0 Å². The van der Waals surface area contributed by atoms with E-state index in [9.17, 15) is 14.7 Å². The smallest absolute Gasteiger partial charge is 0.323 e. The minimum Gasteiger partial charge on any atom is -0.486 e. The molecule has 4 rings (SSSR count). The van der Waals surface area contributed by atoms with Gasteiger partial charge in [-0.25, -0.2) is 4.79 Å². The zero-order valence-corrected chi connectivity index (χ0v) is 20.4. The lowest BCUT2D eigenvalue weighted by Gasteiger charge is -2.38. The second-order valence-corrected chi connectivity index (χ2v) is 9.21. The number of likely N-dealkylation sites (N-methyl/N-ethyl adjacent to an activating group) is 1. The number of hydrogen-bond donors (Lipinski definition) is 3. The van der Waals surface area contributed by atoms with Crippen LogP contribution in [0.4, 0.5) is 16.2 Å². The zero-order valence-electron chi connectivity index (χ0n) is 20.4. The van der Waals surface area contributed by atoms with E-state index in [0.717, 1.165) is 0 Å². The molecule has 0 aliphatic carbocycles. The van der Waals surface area contributed by atoms with E-state index < -0.39 is 6.03 Å². The van der Waals surface area contributed by atoms with Crippen LogP contribution in [0.2, 0.25) is 0 Å². The highest BCUT2D eigenvalue weighted by atomic mass is 16.7. The Bertz CT molecular complexity index is 1090. The Morgan fingerprint density at radius 2 is 1.97 bits per heavy atom. The number of urea groups is 1. The number of carbonyl (C=O) groups is 2. The summed E-state index contributed by atoms with van der Waals surface area (Å²) in [5.41, 5.74) is 1.25. The molecule has 35 heavy (non-hydrogen) atoms. The summed E-state index contributed by atoms with van der Waals surface area (Å²) in [7, 11) is 3.91. The molecule has 3 N–H and O–H groups in total. The van der Waals surface area contributed by atoms with Gasteiger partial charge in [-0.3, -0.25) is 4.79 Å². The predicted octanol–water partition coefficient (Wildman–Crippen LogP) is 2.84. The van der Waals surface area contributed by atoms with Crippen LogP contribution >= 0.6 is 0 Å². The van der Waals surface area contributed by atoms with E-state index in [1.165, 1.54) is 0 Å². The Balaban J connectivity index is 1.63. The summed E-state index contributed by atoms with van der Waals surface area (Å²) in [6, 6.07) is 9.34. The molecule has 10 nitrogen and oxygen atoms in total. The lowest BCUT2D eigenvalue weighted by Crippen LogP contribution is -2.49. The Kier molecular flexibility index (Phi) is 7.32. The molecule has 0 saturated heterocycles. The fourth-order valence-electron chi connectivity index (χ4n) is 4.18. The Hall–Kier alpha value is -3.50. The van der Waals surface area contributed by atoms with Crippen LogP contribution in [0.15, 0.2) is 36.4 Å². The van der Waals surface area contributed by atoms with Crippen LogP contribution in [0.25, 0.3) is 0 Å². The normalized spacial score (nSPS) is 19.9. The highest BCUT2D eigenvalue weighted by Crippen LogP contribution is 2.36. The summed E-state index contributed by atoms with van der Waals surface area (Å²) in [6.07, 6.45) is -0.245. The highest BCUT2D eigenvalue weighted by molar-refractivity contribution is 6.04. The Morgan fingerprint density at radius 3 is 2.71 bits per heavy atom. The minimum atomic E-state index is -0.492. The summed E-state index contributed by atoms with van der Waals surface area (Å²) < 4.78 is 17.1. The maximum atomic E-state index is 13.5. The molecule has 3 atom stereocenters. The number of nitrogens with one attached hydrogen (secondary N) is 2. The lowest BCUT2D eigenvalue weighted by molar-refractivity contribution is 0.0365. The molecule has 0 fully saturated rings. The van der Waals surface area contributed by atoms with Crippen LogP contribution in [-0.2, 0) is 0 Å². The van der Waals surface area contributed by atoms with Crippen molar-refractivity contribution in [1.82, 2.24) is 9.80 Å². The highest BCUT2D eigenvalue weighted by Gasteiger charge is 2.34. The molecule has 0 unspecified atom stereocenters. The van der Waals surface area contributed by atoms with Crippen LogP contribution in [0.3, 0.4) is 0 Å². The van der Waals surface area contributed by atoms with Gasteiger partial charge in [0.05, 0.1) is 23.9 Å². The molecule has 10 heteroatoms. The molecule has 2 heterocycles. The average molecular weight is 485 g/mol. The fourth-order valence-corrected chi connectivity index (χ4v) is 4.18.